The standard InChI is InChI=1S/C16H15N3O2/c20-8-9-21-19-16(12-4-2-1-3-5-12)14-10-13-6-7-17-11-15(13)18-14/h1-7,10-11,18,20H,8-9H2/b19-16+. The van der Waals surface area contributed by atoms with Gasteiger partial charge in [-0.1, -0.05) is 35.5 Å². The number of aromatic amines is 1. The van der Waals surface area contributed by atoms with Crippen LogP contribution < -0.4 is 0 Å². The zero-order valence-corrected chi connectivity index (χ0v) is 11.4. The van der Waals surface area contributed by atoms with Crippen molar-refractivity contribution >= 4 is 16.6 Å². The monoisotopic (exact) mass is 281 g/mol. The number of aromatic nitrogens is 2. The highest BCUT2D eigenvalue weighted by Gasteiger charge is 2.11. The summed E-state index contributed by atoms with van der Waals surface area (Å²) >= 11 is 0. The van der Waals surface area contributed by atoms with E-state index >= 15 is 0 Å². The average Bonchev–Trinajstić information content (AvgIpc) is 2.96. The lowest BCUT2D eigenvalue weighted by Crippen LogP contribution is -2.06. The fourth-order valence-electron chi connectivity index (χ4n) is 2.10. The summed E-state index contributed by atoms with van der Waals surface area (Å²) in [6, 6.07) is 13.7. The molecule has 21 heavy (non-hydrogen) atoms. The van der Waals surface area contributed by atoms with Crippen molar-refractivity contribution in [1.82, 2.24) is 9.97 Å². The molecule has 5 heteroatoms. The number of nitrogens with one attached hydrogen (secondary N) is 1. The van der Waals surface area contributed by atoms with Crippen LogP contribution in [0.15, 0.2) is 60.0 Å². The minimum atomic E-state index is -0.0673. The lowest BCUT2D eigenvalue weighted by Gasteiger charge is -2.04. The van der Waals surface area contributed by atoms with E-state index in [0.29, 0.717) is 5.71 Å². The van der Waals surface area contributed by atoms with E-state index < -0.39 is 0 Å². The Hall–Kier alpha value is -2.66. The van der Waals surface area contributed by atoms with Crippen LogP contribution in [0.2, 0.25) is 0 Å². The summed E-state index contributed by atoms with van der Waals surface area (Å²) in [5.41, 5.74) is 3.43. The SMILES string of the molecule is OCCO/N=C(\c1ccccc1)c1cc2ccncc2[nH]1. The Morgan fingerprint density at radius 2 is 2.10 bits per heavy atom. The summed E-state index contributed by atoms with van der Waals surface area (Å²) in [6.45, 7) is 0.0975. The maximum atomic E-state index is 8.82. The van der Waals surface area contributed by atoms with E-state index in [0.717, 1.165) is 22.2 Å². The van der Waals surface area contributed by atoms with E-state index in [-0.39, 0.29) is 13.2 Å². The first-order valence-electron chi connectivity index (χ1n) is 6.68. The van der Waals surface area contributed by atoms with E-state index in [1.165, 1.54) is 0 Å². The van der Waals surface area contributed by atoms with Crippen LogP contribution in [0.5, 0.6) is 0 Å². The number of aliphatic hydroxyl groups is 1. The first-order chi connectivity index (χ1) is 10.4. The molecular weight excluding hydrogens is 266 g/mol. The molecule has 1 aromatic carbocycles. The van der Waals surface area contributed by atoms with E-state index in [1.54, 1.807) is 12.4 Å². The molecule has 0 bridgehead atoms. The van der Waals surface area contributed by atoms with Crippen LogP contribution in [0, 0.1) is 0 Å². The van der Waals surface area contributed by atoms with Crippen molar-refractivity contribution in [3.8, 4) is 0 Å². The third kappa shape index (κ3) is 2.93. The van der Waals surface area contributed by atoms with Crippen molar-refractivity contribution in [1.29, 1.82) is 0 Å². The molecule has 0 radical (unpaired) electrons. The molecule has 2 N–H and O–H groups in total. The normalized spacial score (nSPS) is 11.8. The van der Waals surface area contributed by atoms with Gasteiger partial charge >= 0.3 is 0 Å². The molecule has 0 aliphatic rings. The topological polar surface area (TPSA) is 70.5 Å². The van der Waals surface area contributed by atoms with Gasteiger partial charge in [-0.3, -0.25) is 4.98 Å². The maximum Gasteiger partial charge on any atom is 0.140 e. The highest BCUT2D eigenvalue weighted by atomic mass is 16.6. The summed E-state index contributed by atoms with van der Waals surface area (Å²) in [7, 11) is 0. The van der Waals surface area contributed by atoms with Gasteiger partial charge in [0.05, 0.1) is 24.0 Å². The second-order valence-corrected chi connectivity index (χ2v) is 4.51. The number of hydrogen-bond donors (Lipinski definition) is 2. The first kappa shape index (κ1) is 13.3. The van der Waals surface area contributed by atoms with E-state index in [2.05, 4.69) is 15.1 Å². The third-order valence-corrected chi connectivity index (χ3v) is 3.06. The quantitative estimate of drug-likeness (QED) is 0.428. The van der Waals surface area contributed by atoms with Crippen LogP contribution in [-0.4, -0.2) is 34.0 Å². The molecule has 2 heterocycles. The van der Waals surface area contributed by atoms with Crippen LogP contribution in [0.3, 0.4) is 0 Å². The van der Waals surface area contributed by atoms with Crippen LogP contribution >= 0.6 is 0 Å². The van der Waals surface area contributed by atoms with Gasteiger partial charge in [-0.05, 0) is 12.1 Å². The lowest BCUT2D eigenvalue weighted by molar-refractivity contribution is 0.0988. The van der Waals surface area contributed by atoms with Gasteiger partial charge in [-0.2, -0.15) is 0 Å². The number of rotatable bonds is 5. The molecule has 0 spiro atoms. The Morgan fingerprint density at radius 1 is 1.24 bits per heavy atom. The zero-order valence-electron chi connectivity index (χ0n) is 11.4. The number of nitrogens with zero attached hydrogens (tertiary/aromatic N) is 2. The van der Waals surface area contributed by atoms with Crippen molar-refractivity contribution in [3.63, 3.8) is 0 Å². The van der Waals surface area contributed by atoms with E-state index in [9.17, 15) is 0 Å². The zero-order chi connectivity index (χ0) is 14.5. The number of pyridine rings is 1. The smallest absolute Gasteiger partial charge is 0.140 e. The summed E-state index contributed by atoms with van der Waals surface area (Å²) < 4.78 is 0. The molecule has 2 aromatic heterocycles. The number of hydrogen-bond acceptors (Lipinski definition) is 4. The molecule has 0 fully saturated rings. The first-order valence-corrected chi connectivity index (χ1v) is 6.68. The summed E-state index contributed by atoms with van der Waals surface area (Å²) in [4.78, 5) is 12.5. The van der Waals surface area contributed by atoms with Gasteiger partial charge in [0.25, 0.3) is 0 Å². The summed E-state index contributed by atoms with van der Waals surface area (Å²) in [5, 5.41) is 14.0. The van der Waals surface area contributed by atoms with Crippen LogP contribution in [0.4, 0.5) is 0 Å². The third-order valence-electron chi connectivity index (χ3n) is 3.06. The van der Waals surface area contributed by atoms with E-state index in [1.807, 2.05) is 42.5 Å². The molecule has 0 saturated carbocycles. The molecule has 0 aliphatic heterocycles. The molecule has 3 aromatic rings. The largest absolute Gasteiger partial charge is 0.393 e. The van der Waals surface area contributed by atoms with Crippen molar-refractivity contribution in [3.05, 3.63) is 66.1 Å². The minimum absolute atomic E-state index is 0.0673. The second-order valence-electron chi connectivity index (χ2n) is 4.51. The van der Waals surface area contributed by atoms with Crippen LogP contribution in [0.25, 0.3) is 10.9 Å². The Morgan fingerprint density at radius 3 is 2.86 bits per heavy atom. The highest BCUT2D eigenvalue weighted by Crippen LogP contribution is 2.17. The predicted octanol–water partition coefficient (Wildman–Crippen LogP) is 2.32. The fourth-order valence-corrected chi connectivity index (χ4v) is 2.10. The number of aliphatic hydroxyl groups excluding tert-OH is 1. The van der Waals surface area contributed by atoms with Gasteiger partial charge in [0.15, 0.2) is 0 Å². The highest BCUT2D eigenvalue weighted by molar-refractivity contribution is 6.13. The van der Waals surface area contributed by atoms with Gasteiger partial charge in [0, 0.05) is 17.1 Å². The van der Waals surface area contributed by atoms with Crippen molar-refractivity contribution in [2.75, 3.05) is 13.2 Å². The number of oxime groups is 1. The van der Waals surface area contributed by atoms with Gasteiger partial charge in [-0.15, -0.1) is 0 Å². The summed E-state index contributed by atoms with van der Waals surface area (Å²) in [5.74, 6) is 0. The van der Waals surface area contributed by atoms with Gasteiger partial charge in [-0.25, -0.2) is 0 Å². The maximum absolute atomic E-state index is 8.82. The Labute approximate surface area is 121 Å². The molecule has 106 valence electrons. The molecule has 0 amide bonds. The molecule has 5 nitrogen and oxygen atoms in total. The molecular formula is C16H15N3O2. The fraction of sp³-hybridized carbons (Fsp3) is 0.125. The van der Waals surface area contributed by atoms with Crippen LogP contribution in [-0.2, 0) is 4.84 Å². The number of H-pyrrole nitrogens is 1. The molecule has 3 rings (SSSR count). The van der Waals surface area contributed by atoms with Crippen molar-refractivity contribution < 1.29 is 9.94 Å². The molecule has 0 aliphatic carbocycles. The second kappa shape index (κ2) is 6.19. The van der Waals surface area contributed by atoms with Crippen molar-refractivity contribution in [2.45, 2.75) is 0 Å². The molecule has 0 unspecified atom stereocenters. The lowest BCUT2D eigenvalue weighted by atomic mass is 10.1. The minimum Gasteiger partial charge on any atom is -0.393 e. The van der Waals surface area contributed by atoms with Crippen LogP contribution in [0.1, 0.15) is 11.3 Å². The van der Waals surface area contributed by atoms with Gasteiger partial charge in [0.2, 0.25) is 0 Å². The van der Waals surface area contributed by atoms with Gasteiger partial charge in [0.1, 0.15) is 12.3 Å². The number of benzene rings is 1. The predicted molar refractivity (Wildman–Crippen MR) is 81.2 cm³/mol. The number of fused-ring (bicyclic) bond motifs is 1. The van der Waals surface area contributed by atoms with Gasteiger partial charge < -0.3 is 14.9 Å². The Bertz CT molecular complexity index is 717. The Balaban J connectivity index is 2.04. The molecule has 0 atom stereocenters. The van der Waals surface area contributed by atoms with Crippen molar-refractivity contribution in [2.24, 2.45) is 5.16 Å². The molecule has 0 saturated heterocycles. The average molecular weight is 281 g/mol. The Kier molecular flexibility index (Phi) is 3.93. The van der Waals surface area contributed by atoms with E-state index in [4.69, 9.17) is 9.94 Å². The summed E-state index contributed by atoms with van der Waals surface area (Å²) in [6.07, 6.45) is 3.53.